The lowest BCUT2D eigenvalue weighted by Gasteiger charge is -2.16. The van der Waals surface area contributed by atoms with Gasteiger partial charge in [-0.1, -0.05) is 36.0 Å². The Morgan fingerprint density at radius 2 is 1.90 bits per heavy atom. The molecule has 0 saturated heterocycles. The molecule has 0 bridgehead atoms. The minimum atomic E-state index is 0.0539. The molecule has 8 heteroatoms. The number of benzene rings is 1. The molecule has 0 aliphatic carbocycles. The van der Waals surface area contributed by atoms with Crippen LogP contribution in [0.2, 0.25) is 0 Å². The number of pyridine rings is 1. The van der Waals surface area contributed by atoms with Gasteiger partial charge in [-0.25, -0.2) is 0 Å². The van der Waals surface area contributed by atoms with Gasteiger partial charge in [0, 0.05) is 29.9 Å². The number of carbonyl (C=O) groups is 1. The van der Waals surface area contributed by atoms with Crippen molar-refractivity contribution in [1.29, 1.82) is 0 Å². The zero-order valence-corrected chi connectivity index (χ0v) is 18.4. The molecule has 30 heavy (non-hydrogen) atoms. The van der Waals surface area contributed by atoms with E-state index in [0.717, 1.165) is 22.6 Å². The van der Waals surface area contributed by atoms with Crippen molar-refractivity contribution >= 4 is 29.0 Å². The van der Waals surface area contributed by atoms with Crippen LogP contribution >= 0.6 is 23.1 Å². The van der Waals surface area contributed by atoms with Gasteiger partial charge in [0.2, 0.25) is 5.91 Å². The molecule has 0 radical (unpaired) electrons. The van der Waals surface area contributed by atoms with Crippen molar-refractivity contribution in [2.75, 3.05) is 12.8 Å². The largest absolute Gasteiger partial charge is 0.340 e. The molecule has 0 spiro atoms. The summed E-state index contributed by atoms with van der Waals surface area (Å²) in [5.74, 6) is 1.08. The standard InChI is InChI=1S/C22H21N5OS2/c1-16-6-3-4-8-19(16)27-21(17-9-11-23-12-10-17)24-25-22(27)30-15-20(28)26(2)14-18-7-5-13-29-18/h3-13H,14-15H2,1-2H3. The Morgan fingerprint density at radius 3 is 2.63 bits per heavy atom. The van der Waals surface area contributed by atoms with Crippen LogP contribution in [-0.4, -0.2) is 43.4 Å². The van der Waals surface area contributed by atoms with Gasteiger partial charge in [-0.05, 0) is 42.1 Å². The fourth-order valence-corrected chi connectivity index (χ4v) is 4.69. The van der Waals surface area contributed by atoms with Gasteiger partial charge in [0.1, 0.15) is 0 Å². The SMILES string of the molecule is Cc1ccccc1-n1c(SCC(=O)N(C)Cc2cccs2)nnc1-c1ccncc1. The maximum Gasteiger partial charge on any atom is 0.233 e. The van der Waals surface area contributed by atoms with E-state index in [0.29, 0.717) is 17.5 Å². The quantitative estimate of drug-likeness (QED) is 0.401. The molecule has 6 nitrogen and oxygen atoms in total. The average molecular weight is 436 g/mol. The molecule has 152 valence electrons. The van der Waals surface area contributed by atoms with Gasteiger partial charge in [0.25, 0.3) is 0 Å². The molecule has 0 unspecified atom stereocenters. The van der Waals surface area contributed by atoms with E-state index in [1.54, 1.807) is 28.6 Å². The Bertz CT molecular complexity index is 1130. The minimum Gasteiger partial charge on any atom is -0.340 e. The Morgan fingerprint density at radius 1 is 1.10 bits per heavy atom. The molecule has 0 aliphatic rings. The van der Waals surface area contributed by atoms with Crippen LogP contribution in [0.25, 0.3) is 17.1 Å². The van der Waals surface area contributed by atoms with Crippen LogP contribution in [0.1, 0.15) is 10.4 Å². The number of thiophene rings is 1. The Hall–Kier alpha value is -2.97. The number of hydrogen-bond acceptors (Lipinski definition) is 6. The number of thioether (sulfide) groups is 1. The Balaban J connectivity index is 1.60. The van der Waals surface area contributed by atoms with E-state index < -0.39 is 0 Å². The van der Waals surface area contributed by atoms with E-state index in [9.17, 15) is 4.79 Å². The van der Waals surface area contributed by atoms with Gasteiger partial charge in [-0.3, -0.25) is 14.3 Å². The summed E-state index contributed by atoms with van der Waals surface area (Å²) in [5.41, 5.74) is 3.03. The molecule has 0 atom stereocenters. The normalized spacial score (nSPS) is 10.9. The second-order valence-electron chi connectivity index (χ2n) is 6.78. The maximum absolute atomic E-state index is 12.7. The summed E-state index contributed by atoms with van der Waals surface area (Å²) in [4.78, 5) is 19.7. The number of hydrogen-bond donors (Lipinski definition) is 0. The number of aryl methyl sites for hydroxylation is 1. The summed E-state index contributed by atoms with van der Waals surface area (Å²) in [5, 5.41) is 11.5. The lowest BCUT2D eigenvalue weighted by atomic mass is 10.2. The average Bonchev–Trinajstić information content (AvgIpc) is 3.43. The van der Waals surface area contributed by atoms with Gasteiger partial charge in [-0.2, -0.15) is 0 Å². The van der Waals surface area contributed by atoms with Crippen molar-refractivity contribution in [2.24, 2.45) is 0 Å². The monoisotopic (exact) mass is 435 g/mol. The van der Waals surface area contributed by atoms with Gasteiger partial charge in [0.05, 0.1) is 18.0 Å². The molecular weight excluding hydrogens is 414 g/mol. The highest BCUT2D eigenvalue weighted by atomic mass is 32.2. The van der Waals surface area contributed by atoms with Gasteiger partial charge in [-0.15, -0.1) is 21.5 Å². The topological polar surface area (TPSA) is 63.9 Å². The highest BCUT2D eigenvalue weighted by Crippen LogP contribution is 2.29. The molecule has 0 saturated carbocycles. The molecule has 0 N–H and O–H groups in total. The molecule has 0 aliphatic heterocycles. The molecule has 4 aromatic rings. The summed E-state index contributed by atoms with van der Waals surface area (Å²) in [6.07, 6.45) is 3.48. The van der Waals surface area contributed by atoms with Crippen LogP contribution in [0, 0.1) is 6.92 Å². The van der Waals surface area contributed by atoms with Gasteiger partial charge >= 0.3 is 0 Å². The van der Waals surface area contributed by atoms with E-state index in [2.05, 4.69) is 28.2 Å². The van der Waals surface area contributed by atoms with Crippen LogP contribution in [-0.2, 0) is 11.3 Å². The lowest BCUT2D eigenvalue weighted by Crippen LogP contribution is -2.27. The molecule has 4 rings (SSSR count). The van der Waals surface area contributed by atoms with Gasteiger partial charge in [0.15, 0.2) is 11.0 Å². The third kappa shape index (κ3) is 4.44. The van der Waals surface area contributed by atoms with Crippen molar-refractivity contribution in [1.82, 2.24) is 24.6 Å². The first kappa shape index (κ1) is 20.3. The van der Waals surface area contributed by atoms with Crippen molar-refractivity contribution in [3.05, 3.63) is 76.7 Å². The first-order chi connectivity index (χ1) is 14.6. The summed E-state index contributed by atoms with van der Waals surface area (Å²) in [6, 6.07) is 16.0. The minimum absolute atomic E-state index is 0.0539. The smallest absolute Gasteiger partial charge is 0.233 e. The number of rotatable bonds is 7. The molecular formula is C22H21N5OS2. The predicted molar refractivity (Wildman–Crippen MR) is 121 cm³/mol. The van der Waals surface area contributed by atoms with Crippen LogP contribution in [0.3, 0.4) is 0 Å². The van der Waals surface area contributed by atoms with E-state index in [-0.39, 0.29) is 5.91 Å². The Labute approximate surface area is 183 Å². The van der Waals surface area contributed by atoms with E-state index in [1.165, 1.54) is 16.6 Å². The predicted octanol–water partition coefficient (Wildman–Crippen LogP) is 4.45. The van der Waals surface area contributed by atoms with Crippen LogP contribution in [0.15, 0.2) is 71.5 Å². The third-order valence-corrected chi connectivity index (χ3v) is 6.43. The second-order valence-corrected chi connectivity index (χ2v) is 8.76. The summed E-state index contributed by atoms with van der Waals surface area (Å²) in [6.45, 7) is 2.67. The van der Waals surface area contributed by atoms with Crippen LogP contribution < -0.4 is 0 Å². The molecule has 3 heterocycles. The number of amides is 1. The highest BCUT2D eigenvalue weighted by Gasteiger charge is 2.19. The van der Waals surface area contributed by atoms with E-state index in [4.69, 9.17) is 0 Å². The Kier molecular flexibility index (Phi) is 6.25. The molecule has 0 fully saturated rings. The molecule has 3 aromatic heterocycles. The summed E-state index contributed by atoms with van der Waals surface area (Å²) < 4.78 is 2.02. The second kappa shape index (κ2) is 9.23. The summed E-state index contributed by atoms with van der Waals surface area (Å²) in [7, 11) is 1.83. The zero-order valence-electron chi connectivity index (χ0n) is 16.7. The first-order valence-electron chi connectivity index (χ1n) is 9.44. The van der Waals surface area contributed by atoms with E-state index >= 15 is 0 Å². The van der Waals surface area contributed by atoms with E-state index in [1.807, 2.05) is 59.5 Å². The van der Waals surface area contributed by atoms with Gasteiger partial charge < -0.3 is 4.90 Å². The van der Waals surface area contributed by atoms with Crippen molar-refractivity contribution in [2.45, 2.75) is 18.6 Å². The number of aromatic nitrogens is 4. The van der Waals surface area contributed by atoms with Crippen LogP contribution in [0.5, 0.6) is 0 Å². The molecule has 1 aromatic carbocycles. The zero-order chi connectivity index (χ0) is 20.9. The fraction of sp³-hybridized carbons (Fsp3) is 0.182. The number of para-hydroxylation sites is 1. The van der Waals surface area contributed by atoms with Crippen LogP contribution in [0.4, 0.5) is 0 Å². The number of nitrogens with zero attached hydrogens (tertiary/aromatic N) is 5. The highest BCUT2D eigenvalue weighted by molar-refractivity contribution is 7.99. The summed E-state index contributed by atoms with van der Waals surface area (Å²) >= 11 is 3.05. The number of carbonyl (C=O) groups excluding carboxylic acids is 1. The third-order valence-electron chi connectivity index (χ3n) is 4.65. The molecule has 1 amide bonds. The van der Waals surface area contributed by atoms with Crippen molar-refractivity contribution in [3.8, 4) is 17.1 Å². The first-order valence-corrected chi connectivity index (χ1v) is 11.3. The fourth-order valence-electron chi connectivity index (χ4n) is 3.04. The van der Waals surface area contributed by atoms with Crippen molar-refractivity contribution < 1.29 is 4.79 Å². The van der Waals surface area contributed by atoms with Crippen molar-refractivity contribution in [3.63, 3.8) is 0 Å². The lowest BCUT2D eigenvalue weighted by molar-refractivity contribution is -0.127. The maximum atomic E-state index is 12.7.